The van der Waals surface area contributed by atoms with Crippen LogP contribution >= 0.6 is 27.5 Å². The highest BCUT2D eigenvalue weighted by molar-refractivity contribution is 9.10. The highest BCUT2D eigenvalue weighted by Gasteiger charge is 2.23. The van der Waals surface area contributed by atoms with Crippen LogP contribution in [-0.2, 0) is 6.54 Å². The molecular formula is C15H21BrClN. The molecule has 100 valence electrons. The van der Waals surface area contributed by atoms with Gasteiger partial charge in [0.25, 0.3) is 0 Å². The van der Waals surface area contributed by atoms with Crippen molar-refractivity contribution in [2.75, 3.05) is 0 Å². The monoisotopic (exact) mass is 329 g/mol. The van der Waals surface area contributed by atoms with Gasteiger partial charge in [0, 0.05) is 22.1 Å². The second-order valence-electron chi connectivity index (χ2n) is 5.73. The fourth-order valence-corrected chi connectivity index (χ4v) is 3.86. The first-order valence-electron chi connectivity index (χ1n) is 6.72. The molecule has 1 aliphatic rings. The standard InChI is InChI=1S/C15H21BrClN/c1-10-5-11(2)7-14(6-10)18-9-12-3-4-13(17)8-15(12)16/h3-4,8,10-11,14,18H,5-7,9H2,1-2H3. The Bertz CT molecular complexity index is 397. The minimum Gasteiger partial charge on any atom is -0.310 e. The Morgan fingerprint density at radius 2 is 1.89 bits per heavy atom. The van der Waals surface area contributed by atoms with Crippen LogP contribution in [0.15, 0.2) is 22.7 Å². The molecule has 0 aromatic heterocycles. The molecule has 1 fully saturated rings. The third kappa shape index (κ3) is 3.97. The third-order valence-electron chi connectivity index (χ3n) is 3.77. The van der Waals surface area contributed by atoms with Crippen molar-refractivity contribution in [1.29, 1.82) is 0 Å². The van der Waals surface area contributed by atoms with Gasteiger partial charge in [0.2, 0.25) is 0 Å². The first-order valence-corrected chi connectivity index (χ1v) is 7.89. The van der Waals surface area contributed by atoms with Crippen molar-refractivity contribution in [3.8, 4) is 0 Å². The van der Waals surface area contributed by atoms with Crippen LogP contribution in [0.2, 0.25) is 5.02 Å². The predicted molar refractivity (Wildman–Crippen MR) is 82.0 cm³/mol. The van der Waals surface area contributed by atoms with Crippen LogP contribution in [0.4, 0.5) is 0 Å². The fraction of sp³-hybridized carbons (Fsp3) is 0.600. The molecule has 0 aliphatic heterocycles. The highest BCUT2D eigenvalue weighted by atomic mass is 79.9. The Morgan fingerprint density at radius 3 is 2.50 bits per heavy atom. The van der Waals surface area contributed by atoms with Gasteiger partial charge < -0.3 is 5.32 Å². The minimum absolute atomic E-state index is 0.659. The summed E-state index contributed by atoms with van der Waals surface area (Å²) in [5.41, 5.74) is 1.28. The lowest BCUT2D eigenvalue weighted by Crippen LogP contribution is -2.35. The summed E-state index contributed by atoms with van der Waals surface area (Å²) in [6, 6.07) is 6.67. The van der Waals surface area contributed by atoms with E-state index in [1.54, 1.807) is 0 Å². The first-order chi connectivity index (χ1) is 8.54. The summed E-state index contributed by atoms with van der Waals surface area (Å²) in [6.45, 7) is 5.65. The van der Waals surface area contributed by atoms with E-state index < -0.39 is 0 Å². The van der Waals surface area contributed by atoms with Gasteiger partial charge in [-0.1, -0.05) is 47.4 Å². The van der Waals surface area contributed by atoms with E-state index in [4.69, 9.17) is 11.6 Å². The summed E-state index contributed by atoms with van der Waals surface area (Å²) in [4.78, 5) is 0. The van der Waals surface area contributed by atoms with E-state index in [0.717, 1.165) is 27.9 Å². The van der Waals surface area contributed by atoms with Crippen LogP contribution in [0, 0.1) is 11.8 Å². The van der Waals surface area contributed by atoms with E-state index in [2.05, 4.69) is 41.2 Å². The van der Waals surface area contributed by atoms with Crippen molar-refractivity contribution in [2.24, 2.45) is 11.8 Å². The van der Waals surface area contributed by atoms with Crippen molar-refractivity contribution in [2.45, 2.75) is 45.7 Å². The van der Waals surface area contributed by atoms with Gasteiger partial charge >= 0.3 is 0 Å². The smallest absolute Gasteiger partial charge is 0.0417 e. The number of benzene rings is 1. The predicted octanol–water partition coefficient (Wildman–Crippen LogP) is 5.02. The molecule has 0 amide bonds. The van der Waals surface area contributed by atoms with Crippen LogP contribution in [0.3, 0.4) is 0 Å². The summed E-state index contributed by atoms with van der Waals surface area (Å²) in [6.07, 6.45) is 3.98. The highest BCUT2D eigenvalue weighted by Crippen LogP contribution is 2.29. The Morgan fingerprint density at radius 1 is 1.22 bits per heavy atom. The zero-order valence-corrected chi connectivity index (χ0v) is 13.4. The fourth-order valence-electron chi connectivity index (χ4n) is 3.03. The van der Waals surface area contributed by atoms with E-state index in [9.17, 15) is 0 Å². The number of halogens is 2. The van der Waals surface area contributed by atoms with Crippen LogP contribution in [0.5, 0.6) is 0 Å². The van der Waals surface area contributed by atoms with Crippen molar-refractivity contribution >= 4 is 27.5 Å². The number of nitrogens with one attached hydrogen (secondary N) is 1. The molecule has 0 saturated heterocycles. The molecule has 1 nitrogen and oxygen atoms in total. The van der Waals surface area contributed by atoms with Gasteiger partial charge in [-0.15, -0.1) is 0 Å². The Balaban J connectivity index is 1.91. The summed E-state index contributed by atoms with van der Waals surface area (Å²) in [7, 11) is 0. The number of rotatable bonds is 3. The summed E-state index contributed by atoms with van der Waals surface area (Å²) in [5.74, 6) is 1.69. The Labute approximate surface area is 123 Å². The van der Waals surface area contributed by atoms with Gasteiger partial charge in [-0.05, 0) is 48.8 Å². The van der Waals surface area contributed by atoms with Gasteiger partial charge in [-0.25, -0.2) is 0 Å². The lowest BCUT2D eigenvalue weighted by molar-refractivity contribution is 0.238. The molecule has 0 heterocycles. The maximum atomic E-state index is 5.95. The molecule has 0 bridgehead atoms. The van der Waals surface area contributed by atoms with Gasteiger partial charge in [0.15, 0.2) is 0 Å². The van der Waals surface area contributed by atoms with E-state index >= 15 is 0 Å². The Kier molecular flexibility index (Phi) is 5.11. The molecule has 0 radical (unpaired) electrons. The third-order valence-corrected chi connectivity index (χ3v) is 4.75. The lowest BCUT2D eigenvalue weighted by Gasteiger charge is -2.32. The van der Waals surface area contributed by atoms with Crippen LogP contribution in [-0.4, -0.2) is 6.04 Å². The van der Waals surface area contributed by atoms with Crippen LogP contribution < -0.4 is 5.32 Å². The summed E-state index contributed by atoms with van der Waals surface area (Å²) >= 11 is 9.53. The first kappa shape index (κ1) is 14.4. The van der Waals surface area contributed by atoms with Gasteiger partial charge in [-0.2, -0.15) is 0 Å². The van der Waals surface area contributed by atoms with E-state index in [0.29, 0.717) is 6.04 Å². The second kappa shape index (κ2) is 6.40. The maximum absolute atomic E-state index is 5.95. The molecule has 2 rings (SSSR count). The lowest BCUT2D eigenvalue weighted by atomic mass is 9.80. The van der Waals surface area contributed by atoms with Crippen LogP contribution in [0.1, 0.15) is 38.7 Å². The van der Waals surface area contributed by atoms with E-state index in [1.165, 1.54) is 24.8 Å². The van der Waals surface area contributed by atoms with Crippen molar-refractivity contribution in [3.63, 3.8) is 0 Å². The topological polar surface area (TPSA) is 12.0 Å². The number of hydrogen-bond donors (Lipinski definition) is 1. The van der Waals surface area contributed by atoms with Gasteiger partial charge in [-0.3, -0.25) is 0 Å². The molecule has 1 saturated carbocycles. The molecule has 18 heavy (non-hydrogen) atoms. The average molecular weight is 331 g/mol. The largest absolute Gasteiger partial charge is 0.310 e. The molecule has 1 aliphatic carbocycles. The average Bonchev–Trinajstić information content (AvgIpc) is 2.26. The molecule has 2 unspecified atom stereocenters. The quantitative estimate of drug-likeness (QED) is 0.821. The molecular weight excluding hydrogens is 310 g/mol. The van der Waals surface area contributed by atoms with Crippen LogP contribution in [0.25, 0.3) is 0 Å². The van der Waals surface area contributed by atoms with Crippen molar-refractivity contribution in [3.05, 3.63) is 33.3 Å². The number of hydrogen-bond acceptors (Lipinski definition) is 1. The molecule has 2 atom stereocenters. The Hall–Kier alpha value is -0.0500. The molecule has 1 aromatic rings. The molecule has 3 heteroatoms. The van der Waals surface area contributed by atoms with Crippen molar-refractivity contribution < 1.29 is 0 Å². The molecule has 0 spiro atoms. The minimum atomic E-state index is 0.659. The zero-order chi connectivity index (χ0) is 13.1. The van der Waals surface area contributed by atoms with E-state index in [1.807, 2.05) is 12.1 Å². The van der Waals surface area contributed by atoms with Gasteiger partial charge in [0.05, 0.1) is 0 Å². The van der Waals surface area contributed by atoms with Gasteiger partial charge in [0.1, 0.15) is 0 Å². The molecule has 1 N–H and O–H groups in total. The van der Waals surface area contributed by atoms with Crippen molar-refractivity contribution in [1.82, 2.24) is 5.32 Å². The normalized spacial score (nSPS) is 28.3. The summed E-state index contributed by atoms with van der Waals surface area (Å²) < 4.78 is 1.10. The van der Waals surface area contributed by atoms with E-state index in [-0.39, 0.29) is 0 Å². The SMILES string of the molecule is CC1CC(C)CC(NCc2ccc(Cl)cc2Br)C1. The maximum Gasteiger partial charge on any atom is 0.0417 e. The summed E-state index contributed by atoms with van der Waals surface area (Å²) in [5, 5.41) is 4.47. The second-order valence-corrected chi connectivity index (χ2v) is 7.02. The molecule has 1 aromatic carbocycles. The zero-order valence-electron chi connectivity index (χ0n) is 11.0.